The molecule has 0 aliphatic carbocycles. The van der Waals surface area contributed by atoms with Gasteiger partial charge >= 0.3 is 0 Å². The molecular formula is C26H38N6O3. The minimum absolute atomic E-state index is 0.188. The molecule has 3 N–H and O–H groups in total. The third kappa shape index (κ3) is 5.69. The predicted octanol–water partition coefficient (Wildman–Crippen LogP) is 3.30. The first-order chi connectivity index (χ1) is 16.9. The lowest BCUT2D eigenvalue weighted by Crippen LogP contribution is -2.36. The van der Waals surface area contributed by atoms with Gasteiger partial charge in [0, 0.05) is 63.3 Å². The standard InChI is InChI=1S/C26H38N6O3/c1-17(2)32-26-23(15-29-32)25(31(5)20-6-8-34-9-7-20)13-24(30-26)18-10-19(28-4)12-22(11-18)35-16-21(33)14-27-3/h10-13,15,17,20-21,27-28,33H,6-9,14,16H2,1-5H3. The molecule has 35 heavy (non-hydrogen) atoms. The van der Waals surface area contributed by atoms with Crippen LogP contribution < -0.4 is 20.3 Å². The van der Waals surface area contributed by atoms with E-state index in [1.807, 2.05) is 37.1 Å². The zero-order valence-corrected chi connectivity index (χ0v) is 21.4. The lowest BCUT2D eigenvalue weighted by Gasteiger charge is -2.33. The van der Waals surface area contributed by atoms with E-state index in [0.29, 0.717) is 18.3 Å². The summed E-state index contributed by atoms with van der Waals surface area (Å²) in [6.45, 7) is 6.48. The number of pyridine rings is 1. The number of benzene rings is 1. The van der Waals surface area contributed by atoms with E-state index in [2.05, 4.69) is 53.7 Å². The Kier molecular flexibility index (Phi) is 8.10. The molecule has 0 bridgehead atoms. The van der Waals surface area contributed by atoms with E-state index in [0.717, 1.165) is 59.7 Å². The highest BCUT2D eigenvalue weighted by molar-refractivity contribution is 5.92. The lowest BCUT2D eigenvalue weighted by molar-refractivity contribution is 0.0855. The van der Waals surface area contributed by atoms with Crippen molar-refractivity contribution in [2.45, 2.75) is 44.9 Å². The first-order valence-electron chi connectivity index (χ1n) is 12.4. The largest absolute Gasteiger partial charge is 0.491 e. The Labute approximate surface area is 207 Å². The quantitative estimate of drug-likeness (QED) is 0.405. The minimum atomic E-state index is -0.587. The lowest BCUT2D eigenvalue weighted by atomic mass is 10.0. The van der Waals surface area contributed by atoms with Crippen molar-refractivity contribution in [1.29, 1.82) is 0 Å². The van der Waals surface area contributed by atoms with Gasteiger partial charge in [-0.15, -0.1) is 0 Å². The summed E-state index contributed by atoms with van der Waals surface area (Å²) in [6, 6.07) is 8.73. The van der Waals surface area contributed by atoms with Crippen molar-refractivity contribution in [2.75, 3.05) is 57.7 Å². The Morgan fingerprint density at radius 1 is 1.20 bits per heavy atom. The Morgan fingerprint density at radius 3 is 2.66 bits per heavy atom. The molecule has 1 aliphatic heterocycles. The fourth-order valence-electron chi connectivity index (χ4n) is 4.55. The van der Waals surface area contributed by atoms with E-state index < -0.39 is 6.10 Å². The summed E-state index contributed by atoms with van der Waals surface area (Å²) in [5, 5.41) is 22.0. The third-order valence-corrected chi connectivity index (χ3v) is 6.53. The van der Waals surface area contributed by atoms with E-state index in [-0.39, 0.29) is 12.6 Å². The average Bonchev–Trinajstić information content (AvgIpc) is 3.31. The van der Waals surface area contributed by atoms with Gasteiger partial charge in [-0.05, 0) is 51.9 Å². The predicted molar refractivity (Wildman–Crippen MR) is 141 cm³/mol. The second-order valence-corrected chi connectivity index (χ2v) is 9.42. The number of aliphatic hydroxyl groups excluding tert-OH is 1. The first kappa shape index (κ1) is 25.2. The van der Waals surface area contributed by atoms with Gasteiger partial charge < -0.3 is 30.1 Å². The maximum absolute atomic E-state index is 10.1. The number of aromatic nitrogens is 3. The number of fused-ring (bicyclic) bond motifs is 1. The van der Waals surface area contributed by atoms with Crippen molar-refractivity contribution < 1.29 is 14.6 Å². The van der Waals surface area contributed by atoms with Crippen molar-refractivity contribution in [3.05, 3.63) is 30.5 Å². The van der Waals surface area contributed by atoms with Gasteiger partial charge in [-0.1, -0.05) is 0 Å². The van der Waals surface area contributed by atoms with Crippen molar-refractivity contribution >= 4 is 22.4 Å². The molecule has 4 rings (SSSR count). The molecule has 9 nitrogen and oxygen atoms in total. The van der Waals surface area contributed by atoms with Gasteiger partial charge in [0.05, 0.1) is 23.0 Å². The molecule has 0 spiro atoms. The van der Waals surface area contributed by atoms with Crippen LogP contribution in [-0.4, -0.2) is 79.5 Å². The highest BCUT2D eigenvalue weighted by atomic mass is 16.5. The van der Waals surface area contributed by atoms with Gasteiger partial charge in [-0.25, -0.2) is 9.67 Å². The maximum Gasteiger partial charge on any atom is 0.160 e. The first-order valence-corrected chi connectivity index (χ1v) is 12.4. The van der Waals surface area contributed by atoms with Crippen LogP contribution in [0.2, 0.25) is 0 Å². The number of likely N-dealkylation sites (N-methyl/N-ethyl adjacent to an activating group) is 1. The van der Waals surface area contributed by atoms with Gasteiger partial charge in [0.2, 0.25) is 0 Å². The van der Waals surface area contributed by atoms with Crippen LogP contribution in [-0.2, 0) is 4.74 Å². The second-order valence-electron chi connectivity index (χ2n) is 9.42. The molecule has 0 amide bonds. The minimum Gasteiger partial charge on any atom is -0.491 e. The molecule has 1 unspecified atom stereocenters. The second kappa shape index (κ2) is 11.2. The average molecular weight is 483 g/mol. The summed E-state index contributed by atoms with van der Waals surface area (Å²) in [7, 11) is 5.85. The highest BCUT2D eigenvalue weighted by Crippen LogP contribution is 2.35. The van der Waals surface area contributed by atoms with E-state index in [9.17, 15) is 5.11 Å². The molecule has 1 atom stereocenters. The molecule has 1 aliphatic rings. The molecule has 3 heterocycles. The molecule has 0 radical (unpaired) electrons. The topological polar surface area (TPSA) is 96.7 Å². The SMILES string of the molecule is CNCC(O)COc1cc(NC)cc(-c2cc(N(C)C3CCOCC3)c3cnn(C(C)C)c3n2)c1. The van der Waals surface area contributed by atoms with Crippen LogP contribution in [0.15, 0.2) is 30.5 Å². The molecule has 1 saturated heterocycles. The number of hydrogen-bond donors (Lipinski definition) is 3. The van der Waals surface area contributed by atoms with Gasteiger partial charge in [0.25, 0.3) is 0 Å². The summed E-state index contributed by atoms with van der Waals surface area (Å²) in [5.74, 6) is 0.681. The smallest absolute Gasteiger partial charge is 0.160 e. The van der Waals surface area contributed by atoms with Crippen LogP contribution in [0, 0.1) is 0 Å². The monoisotopic (exact) mass is 482 g/mol. The molecule has 2 aromatic heterocycles. The van der Waals surface area contributed by atoms with Crippen LogP contribution in [0.25, 0.3) is 22.3 Å². The van der Waals surface area contributed by atoms with Crippen LogP contribution in [0.5, 0.6) is 5.75 Å². The third-order valence-electron chi connectivity index (χ3n) is 6.53. The molecule has 0 saturated carbocycles. The normalized spacial score (nSPS) is 15.5. The molecule has 1 fully saturated rings. The number of ether oxygens (including phenoxy) is 2. The van der Waals surface area contributed by atoms with Gasteiger partial charge in [-0.2, -0.15) is 5.10 Å². The Bertz CT molecular complexity index is 1130. The van der Waals surface area contributed by atoms with Crippen LogP contribution in [0.1, 0.15) is 32.7 Å². The van der Waals surface area contributed by atoms with Crippen molar-refractivity contribution in [3.8, 4) is 17.0 Å². The molecule has 3 aromatic rings. The number of aliphatic hydroxyl groups is 1. The summed E-state index contributed by atoms with van der Waals surface area (Å²) >= 11 is 0. The van der Waals surface area contributed by atoms with Crippen molar-refractivity contribution in [1.82, 2.24) is 20.1 Å². The fourth-order valence-corrected chi connectivity index (χ4v) is 4.55. The van der Waals surface area contributed by atoms with Gasteiger partial charge in [-0.3, -0.25) is 0 Å². The zero-order chi connectivity index (χ0) is 24.9. The van der Waals surface area contributed by atoms with Crippen LogP contribution >= 0.6 is 0 Å². The Balaban J connectivity index is 1.78. The van der Waals surface area contributed by atoms with Gasteiger partial charge in [0.15, 0.2) is 5.65 Å². The van der Waals surface area contributed by atoms with Crippen molar-refractivity contribution in [2.24, 2.45) is 0 Å². The Hall–Kier alpha value is -2.88. The van der Waals surface area contributed by atoms with Gasteiger partial charge in [0.1, 0.15) is 18.5 Å². The van der Waals surface area contributed by atoms with Crippen molar-refractivity contribution in [3.63, 3.8) is 0 Å². The number of nitrogens with zero attached hydrogens (tertiary/aromatic N) is 4. The summed E-state index contributed by atoms with van der Waals surface area (Å²) in [4.78, 5) is 7.42. The maximum atomic E-state index is 10.1. The van der Waals surface area contributed by atoms with E-state index >= 15 is 0 Å². The number of rotatable bonds is 10. The van der Waals surface area contributed by atoms with E-state index in [1.54, 1.807) is 0 Å². The summed E-state index contributed by atoms with van der Waals surface area (Å²) < 4.78 is 13.5. The van der Waals surface area contributed by atoms with Crippen LogP contribution in [0.3, 0.4) is 0 Å². The number of hydrogen-bond acceptors (Lipinski definition) is 8. The zero-order valence-electron chi connectivity index (χ0n) is 21.4. The fraction of sp³-hybridized carbons (Fsp3) is 0.538. The summed E-state index contributed by atoms with van der Waals surface area (Å²) in [5.41, 5.74) is 4.69. The highest BCUT2D eigenvalue weighted by Gasteiger charge is 2.23. The Morgan fingerprint density at radius 2 is 1.97 bits per heavy atom. The number of nitrogens with one attached hydrogen (secondary N) is 2. The van der Waals surface area contributed by atoms with E-state index in [1.165, 1.54) is 0 Å². The summed E-state index contributed by atoms with van der Waals surface area (Å²) in [6.07, 6.45) is 3.34. The van der Waals surface area contributed by atoms with Crippen LogP contribution in [0.4, 0.5) is 11.4 Å². The molecule has 190 valence electrons. The van der Waals surface area contributed by atoms with E-state index in [4.69, 9.17) is 14.5 Å². The molecule has 9 heteroatoms. The number of anilines is 2. The molecule has 1 aromatic carbocycles. The molecular weight excluding hydrogens is 444 g/mol.